The molecule has 0 spiro atoms. The minimum absolute atomic E-state index is 0. The summed E-state index contributed by atoms with van der Waals surface area (Å²) < 4.78 is 0. The van der Waals surface area contributed by atoms with Gasteiger partial charge < -0.3 is 11.1 Å². The number of carbonyl (C=O) groups is 1. The molecule has 0 aliphatic heterocycles. The Hall–Kier alpha value is -0.770. The van der Waals surface area contributed by atoms with Crippen molar-refractivity contribution >= 4 is 29.9 Å². The smallest absolute Gasteiger partial charge is 0.239 e. The molecule has 1 unspecified atom stereocenters. The van der Waals surface area contributed by atoms with E-state index in [2.05, 4.69) is 11.4 Å². The average Bonchev–Trinajstić information content (AvgIpc) is 3.17. The highest BCUT2D eigenvalue weighted by Crippen LogP contribution is 2.49. The van der Waals surface area contributed by atoms with Gasteiger partial charge >= 0.3 is 0 Å². The van der Waals surface area contributed by atoms with Crippen LogP contribution in [0.25, 0.3) is 0 Å². The van der Waals surface area contributed by atoms with E-state index < -0.39 is 5.54 Å². The first-order valence-electron chi connectivity index (χ1n) is 7.23. The summed E-state index contributed by atoms with van der Waals surface area (Å²) >= 11 is 6.27. The molecule has 2 rings (SSSR count). The molecular formula is C16H24Cl2N2O. The van der Waals surface area contributed by atoms with Gasteiger partial charge in [-0.15, -0.1) is 12.4 Å². The van der Waals surface area contributed by atoms with Crippen LogP contribution in [0.3, 0.4) is 0 Å². The third-order valence-electron chi connectivity index (χ3n) is 4.17. The molecule has 1 fully saturated rings. The molecular weight excluding hydrogens is 307 g/mol. The van der Waals surface area contributed by atoms with Crippen molar-refractivity contribution in [2.24, 2.45) is 5.73 Å². The summed E-state index contributed by atoms with van der Waals surface area (Å²) in [6.45, 7) is 4.44. The van der Waals surface area contributed by atoms with Crippen LogP contribution in [0.5, 0.6) is 0 Å². The number of hydrogen-bond acceptors (Lipinski definition) is 2. The molecule has 1 atom stereocenters. The molecule has 1 aromatic carbocycles. The standard InChI is InChI=1S/C16H23ClN2O.ClH/c1-3-8-15(2,18)14(20)19-11-16(9-10-16)12-6-4-5-7-13(12)17;/h4-7H,3,8-11,18H2,1-2H3,(H,19,20);1H. The van der Waals surface area contributed by atoms with Gasteiger partial charge in [-0.1, -0.05) is 43.1 Å². The van der Waals surface area contributed by atoms with E-state index in [0.29, 0.717) is 13.0 Å². The number of amides is 1. The second-order valence-electron chi connectivity index (χ2n) is 6.11. The first-order valence-corrected chi connectivity index (χ1v) is 7.61. The van der Waals surface area contributed by atoms with Gasteiger partial charge in [0.2, 0.25) is 5.91 Å². The van der Waals surface area contributed by atoms with E-state index in [1.807, 2.05) is 25.1 Å². The Bertz CT molecular complexity index is 499. The summed E-state index contributed by atoms with van der Waals surface area (Å²) in [5.41, 5.74) is 6.41. The minimum atomic E-state index is -0.786. The minimum Gasteiger partial charge on any atom is -0.354 e. The Kier molecular flexibility index (Phi) is 6.09. The molecule has 0 bridgehead atoms. The Balaban J connectivity index is 0.00000220. The van der Waals surface area contributed by atoms with Gasteiger partial charge in [-0.3, -0.25) is 4.79 Å². The van der Waals surface area contributed by atoms with Crippen LogP contribution in [0.2, 0.25) is 5.02 Å². The van der Waals surface area contributed by atoms with E-state index >= 15 is 0 Å². The zero-order chi connectivity index (χ0) is 14.8. The van der Waals surface area contributed by atoms with Crippen molar-refractivity contribution in [3.8, 4) is 0 Å². The van der Waals surface area contributed by atoms with Crippen LogP contribution in [-0.2, 0) is 10.2 Å². The zero-order valence-corrected chi connectivity index (χ0v) is 14.2. The van der Waals surface area contributed by atoms with Gasteiger partial charge in [0.25, 0.3) is 0 Å². The molecule has 0 saturated heterocycles. The predicted molar refractivity (Wildman–Crippen MR) is 90.1 cm³/mol. The van der Waals surface area contributed by atoms with Crippen molar-refractivity contribution in [3.63, 3.8) is 0 Å². The van der Waals surface area contributed by atoms with E-state index in [0.717, 1.165) is 29.8 Å². The molecule has 1 aromatic rings. The van der Waals surface area contributed by atoms with E-state index in [-0.39, 0.29) is 23.7 Å². The lowest BCUT2D eigenvalue weighted by atomic mass is 9.93. The lowest BCUT2D eigenvalue weighted by Gasteiger charge is -2.25. The Morgan fingerprint density at radius 3 is 2.57 bits per heavy atom. The average molecular weight is 331 g/mol. The van der Waals surface area contributed by atoms with Gasteiger partial charge in [-0.2, -0.15) is 0 Å². The highest BCUT2D eigenvalue weighted by atomic mass is 35.5. The fraction of sp³-hybridized carbons (Fsp3) is 0.562. The zero-order valence-electron chi connectivity index (χ0n) is 12.6. The maximum atomic E-state index is 12.2. The number of nitrogens with one attached hydrogen (secondary N) is 1. The van der Waals surface area contributed by atoms with E-state index in [1.165, 1.54) is 0 Å². The molecule has 1 amide bonds. The van der Waals surface area contributed by atoms with E-state index in [1.54, 1.807) is 6.92 Å². The lowest BCUT2D eigenvalue weighted by Crippen LogP contribution is -2.52. The molecule has 1 aliphatic rings. The van der Waals surface area contributed by atoms with Gasteiger partial charge in [-0.05, 0) is 37.8 Å². The van der Waals surface area contributed by atoms with Gasteiger partial charge in [0.05, 0.1) is 5.54 Å². The van der Waals surface area contributed by atoms with Crippen molar-refractivity contribution in [1.29, 1.82) is 0 Å². The number of halogens is 2. The Morgan fingerprint density at radius 2 is 2.05 bits per heavy atom. The van der Waals surface area contributed by atoms with Crippen LogP contribution in [0.1, 0.15) is 45.1 Å². The molecule has 3 N–H and O–H groups in total. The Morgan fingerprint density at radius 1 is 1.43 bits per heavy atom. The highest BCUT2D eigenvalue weighted by molar-refractivity contribution is 6.31. The van der Waals surface area contributed by atoms with Crippen molar-refractivity contribution in [1.82, 2.24) is 5.32 Å². The summed E-state index contributed by atoms with van der Waals surface area (Å²) in [5, 5.41) is 3.79. The van der Waals surface area contributed by atoms with Gasteiger partial charge in [-0.25, -0.2) is 0 Å². The molecule has 0 heterocycles. The number of nitrogens with two attached hydrogens (primary N) is 1. The summed E-state index contributed by atoms with van der Waals surface area (Å²) in [5.74, 6) is -0.0716. The Labute approximate surface area is 138 Å². The van der Waals surface area contributed by atoms with Crippen LogP contribution in [0, 0.1) is 0 Å². The third kappa shape index (κ3) is 4.12. The SMILES string of the molecule is CCCC(C)(N)C(=O)NCC1(c2ccccc2Cl)CC1.Cl. The number of carbonyl (C=O) groups excluding carboxylic acids is 1. The van der Waals surface area contributed by atoms with E-state index in [4.69, 9.17) is 17.3 Å². The maximum absolute atomic E-state index is 12.2. The van der Waals surface area contributed by atoms with Crippen molar-refractivity contribution in [2.75, 3.05) is 6.54 Å². The van der Waals surface area contributed by atoms with Crippen molar-refractivity contribution in [3.05, 3.63) is 34.9 Å². The van der Waals surface area contributed by atoms with Crippen LogP contribution in [0.4, 0.5) is 0 Å². The van der Waals surface area contributed by atoms with Gasteiger partial charge in [0.1, 0.15) is 0 Å². The molecule has 1 aliphatic carbocycles. The van der Waals surface area contributed by atoms with Gasteiger partial charge in [0, 0.05) is 17.0 Å². The quantitative estimate of drug-likeness (QED) is 0.839. The third-order valence-corrected chi connectivity index (χ3v) is 4.50. The fourth-order valence-corrected chi connectivity index (χ4v) is 3.00. The normalized spacial score (nSPS) is 18.3. The molecule has 118 valence electrons. The molecule has 1 saturated carbocycles. The number of rotatable bonds is 6. The summed E-state index contributed by atoms with van der Waals surface area (Å²) in [6.07, 6.45) is 3.71. The van der Waals surface area contributed by atoms with Crippen LogP contribution >= 0.6 is 24.0 Å². The monoisotopic (exact) mass is 330 g/mol. The largest absolute Gasteiger partial charge is 0.354 e. The number of benzene rings is 1. The topological polar surface area (TPSA) is 55.1 Å². The lowest BCUT2D eigenvalue weighted by molar-refractivity contribution is -0.126. The van der Waals surface area contributed by atoms with Crippen molar-refractivity contribution < 1.29 is 4.79 Å². The molecule has 5 heteroatoms. The molecule has 21 heavy (non-hydrogen) atoms. The summed E-state index contributed by atoms with van der Waals surface area (Å²) in [6, 6.07) is 7.88. The number of hydrogen-bond donors (Lipinski definition) is 2. The van der Waals surface area contributed by atoms with Gasteiger partial charge in [0.15, 0.2) is 0 Å². The second-order valence-corrected chi connectivity index (χ2v) is 6.52. The van der Waals surface area contributed by atoms with Crippen LogP contribution in [-0.4, -0.2) is 18.0 Å². The fourth-order valence-electron chi connectivity index (χ4n) is 2.67. The van der Waals surface area contributed by atoms with Crippen molar-refractivity contribution in [2.45, 2.75) is 50.5 Å². The molecule has 0 aromatic heterocycles. The van der Waals surface area contributed by atoms with E-state index in [9.17, 15) is 4.79 Å². The predicted octanol–water partition coefficient (Wildman–Crippen LogP) is 3.43. The molecule has 0 radical (unpaired) electrons. The maximum Gasteiger partial charge on any atom is 0.239 e. The summed E-state index contributed by atoms with van der Waals surface area (Å²) in [4.78, 5) is 12.2. The molecule has 3 nitrogen and oxygen atoms in total. The first-order chi connectivity index (χ1) is 9.41. The van der Waals surface area contributed by atoms with Crippen LogP contribution in [0.15, 0.2) is 24.3 Å². The van der Waals surface area contributed by atoms with Crippen LogP contribution < -0.4 is 11.1 Å². The first kappa shape index (κ1) is 18.3. The highest BCUT2D eigenvalue weighted by Gasteiger charge is 2.46. The summed E-state index contributed by atoms with van der Waals surface area (Å²) in [7, 11) is 0. The second kappa shape index (κ2) is 6.99.